The Bertz CT molecular complexity index is 335. The van der Waals surface area contributed by atoms with Gasteiger partial charge in [-0.15, -0.1) is 6.58 Å². The molecule has 1 aliphatic rings. The van der Waals surface area contributed by atoms with Crippen LogP contribution in [0.1, 0.15) is 24.4 Å². The molecule has 2 rings (SSSR count). The molecule has 1 fully saturated rings. The fraction of sp³-hybridized carbons (Fsp3) is 0.333. The lowest BCUT2D eigenvalue weighted by molar-refractivity contribution is 0.614. The molecule has 1 saturated heterocycles. The van der Waals surface area contributed by atoms with Crippen molar-refractivity contribution < 1.29 is 0 Å². The van der Waals surface area contributed by atoms with E-state index in [0.717, 1.165) is 17.9 Å². The maximum Gasteiger partial charge on any atom is 0.0453 e. The van der Waals surface area contributed by atoms with Gasteiger partial charge in [0, 0.05) is 17.1 Å². The van der Waals surface area contributed by atoms with Crippen LogP contribution in [0.15, 0.2) is 36.9 Å². The van der Waals surface area contributed by atoms with Crippen LogP contribution >= 0.6 is 11.6 Å². The molecular weight excluding hydrogens is 194 g/mol. The van der Waals surface area contributed by atoms with E-state index in [0.29, 0.717) is 12.1 Å². The van der Waals surface area contributed by atoms with Gasteiger partial charge < -0.3 is 5.32 Å². The van der Waals surface area contributed by atoms with Gasteiger partial charge in [0.05, 0.1) is 0 Å². The van der Waals surface area contributed by atoms with Gasteiger partial charge in [-0.1, -0.05) is 35.9 Å². The molecule has 0 radical (unpaired) electrons. The third-order valence-electron chi connectivity index (χ3n) is 2.75. The summed E-state index contributed by atoms with van der Waals surface area (Å²) in [6.07, 6.45) is 4.26. The Balaban J connectivity index is 2.17. The molecule has 14 heavy (non-hydrogen) atoms. The predicted molar refractivity (Wildman–Crippen MR) is 60.5 cm³/mol. The van der Waals surface area contributed by atoms with E-state index in [9.17, 15) is 0 Å². The Kier molecular flexibility index (Phi) is 2.90. The first-order chi connectivity index (χ1) is 6.81. The first-order valence-electron chi connectivity index (χ1n) is 4.94. The number of hydrogen-bond acceptors (Lipinski definition) is 1. The predicted octanol–water partition coefficient (Wildman–Crippen LogP) is 3.32. The van der Waals surface area contributed by atoms with Crippen LogP contribution in [0, 0.1) is 0 Å². The van der Waals surface area contributed by atoms with Crippen LogP contribution < -0.4 is 5.32 Å². The molecule has 0 amide bonds. The summed E-state index contributed by atoms with van der Waals surface area (Å²) in [4.78, 5) is 0. The Morgan fingerprint density at radius 2 is 2.14 bits per heavy atom. The molecule has 1 N–H and O–H groups in total. The zero-order chi connectivity index (χ0) is 9.97. The van der Waals surface area contributed by atoms with E-state index in [2.05, 4.69) is 18.0 Å². The average Bonchev–Trinajstić information content (AvgIpc) is 2.67. The molecule has 0 spiro atoms. The Morgan fingerprint density at radius 3 is 2.79 bits per heavy atom. The lowest BCUT2D eigenvalue weighted by Crippen LogP contribution is -2.21. The van der Waals surface area contributed by atoms with E-state index < -0.39 is 0 Å². The van der Waals surface area contributed by atoms with E-state index in [1.54, 1.807) is 0 Å². The summed E-state index contributed by atoms with van der Waals surface area (Å²) in [6, 6.07) is 8.87. The zero-order valence-electron chi connectivity index (χ0n) is 8.04. The van der Waals surface area contributed by atoms with Crippen LogP contribution in [0.25, 0.3) is 0 Å². The maximum absolute atomic E-state index is 6.13. The van der Waals surface area contributed by atoms with E-state index >= 15 is 0 Å². The van der Waals surface area contributed by atoms with Gasteiger partial charge in [-0.3, -0.25) is 0 Å². The van der Waals surface area contributed by atoms with Gasteiger partial charge in [-0.05, 0) is 24.5 Å². The fourth-order valence-corrected chi connectivity index (χ4v) is 2.23. The van der Waals surface area contributed by atoms with Crippen LogP contribution in [-0.2, 0) is 0 Å². The van der Waals surface area contributed by atoms with Crippen molar-refractivity contribution in [3.63, 3.8) is 0 Å². The molecule has 0 unspecified atom stereocenters. The first kappa shape index (κ1) is 9.75. The minimum Gasteiger partial charge on any atom is -0.304 e. The van der Waals surface area contributed by atoms with Crippen molar-refractivity contribution in [3.8, 4) is 0 Å². The molecule has 1 aliphatic heterocycles. The summed E-state index contributed by atoms with van der Waals surface area (Å²) in [7, 11) is 0. The van der Waals surface area contributed by atoms with Crippen molar-refractivity contribution >= 4 is 11.6 Å². The van der Waals surface area contributed by atoms with Crippen molar-refractivity contribution in [2.45, 2.75) is 24.9 Å². The van der Waals surface area contributed by atoms with Crippen molar-refractivity contribution in [3.05, 3.63) is 47.5 Å². The van der Waals surface area contributed by atoms with Crippen LogP contribution in [0.3, 0.4) is 0 Å². The summed E-state index contributed by atoms with van der Waals surface area (Å²) in [5.74, 6) is 0. The molecule has 1 aromatic carbocycles. The molecule has 0 saturated carbocycles. The molecule has 0 aromatic heterocycles. The second-order valence-corrected chi connectivity index (χ2v) is 4.07. The van der Waals surface area contributed by atoms with Crippen molar-refractivity contribution in [2.24, 2.45) is 0 Å². The minimum absolute atomic E-state index is 0.395. The normalized spacial score (nSPS) is 26.4. The largest absolute Gasteiger partial charge is 0.304 e. The number of hydrogen-bond donors (Lipinski definition) is 1. The highest BCUT2D eigenvalue weighted by Crippen LogP contribution is 2.31. The summed E-state index contributed by atoms with van der Waals surface area (Å²) in [5.41, 5.74) is 1.21. The van der Waals surface area contributed by atoms with Crippen LogP contribution in [0.4, 0.5) is 0 Å². The summed E-state index contributed by atoms with van der Waals surface area (Å²) < 4.78 is 0. The minimum atomic E-state index is 0.395. The Labute approximate surface area is 89.8 Å². The summed E-state index contributed by atoms with van der Waals surface area (Å²) >= 11 is 6.13. The van der Waals surface area contributed by atoms with Crippen molar-refractivity contribution in [1.29, 1.82) is 0 Å². The van der Waals surface area contributed by atoms with Crippen LogP contribution in [-0.4, -0.2) is 6.04 Å². The number of rotatable bonds is 2. The fourth-order valence-electron chi connectivity index (χ4n) is 1.96. The lowest BCUT2D eigenvalue weighted by Gasteiger charge is -2.13. The summed E-state index contributed by atoms with van der Waals surface area (Å²) in [5, 5.41) is 4.35. The molecule has 74 valence electrons. The quantitative estimate of drug-likeness (QED) is 0.734. The van der Waals surface area contributed by atoms with Gasteiger partial charge in [0.25, 0.3) is 0 Å². The lowest BCUT2D eigenvalue weighted by atomic mass is 10.1. The first-order valence-corrected chi connectivity index (χ1v) is 5.32. The highest BCUT2D eigenvalue weighted by Gasteiger charge is 2.23. The van der Waals surface area contributed by atoms with Crippen LogP contribution in [0.5, 0.6) is 0 Å². The maximum atomic E-state index is 6.13. The number of benzene rings is 1. The molecule has 0 bridgehead atoms. The molecule has 1 heterocycles. The second kappa shape index (κ2) is 4.16. The third kappa shape index (κ3) is 1.84. The third-order valence-corrected chi connectivity index (χ3v) is 3.09. The molecule has 2 heteroatoms. The van der Waals surface area contributed by atoms with E-state index in [4.69, 9.17) is 11.6 Å². The van der Waals surface area contributed by atoms with E-state index in [1.807, 2.05) is 24.3 Å². The Morgan fingerprint density at radius 1 is 1.36 bits per heavy atom. The SMILES string of the molecule is C=C[C@@H]1CC[C@H](c2ccccc2Cl)N1. The van der Waals surface area contributed by atoms with Gasteiger partial charge in [-0.2, -0.15) is 0 Å². The van der Waals surface area contributed by atoms with Crippen molar-refractivity contribution in [2.75, 3.05) is 0 Å². The highest BCUT2D eigenvalue weighted by atomic mass is 35.5. The molecule has 2 atom stereocenters. The van der Waals surface area contributed by atoms with Crippen molar-refractivity contribution in [1.82, 2.24) is 5.32 Å². The number of halogens is 1. The molecular formula is C12H14ClN. The molecule has 1 nitrogen and oxygen atoms in total. The standard InChI is InChI=1S/C12H14ClN/c1-2-9-7-8-12(14-9)10-5-3-4-6-11(10)13/h2-6,9,12,14H,1,7-8H2/t9-,12-/m1/s1. The summed E-state index contributed by atoms with van der Waals surface area (Å²) in [6.45, 7) is 3.80. The van der Waals surface area contributed by atoms with E-state index in [-0.39, 0.29) is 0 Å². The average molecular weight is 208 g/mol. The monoisotopic (exact) mass is 207 g/mol. The van der Waals surface area contributed by atoms with Crippen LogP contribution in [0.2, 0.25) is 5.02 Å². The van der Waals surface area contributed by atoms with Gasteiger partial charge in [0.2, 0.25) is 0 Å². The Hall–Kier alpha value is -0.790. The van der Waals surface area contributed by atoms with Gasteiger partial charge in [0.1, 0.15) is 0 Å². The highest BCUT2D eigenvalue weighted by molar-refractivity contribution is 6.31. The van der Waals surface area contributed by atoms with Gasteiger partial charge in [0.15, 0.2) is 0 Å². The smallest absolute Gasteiger partial charge is 0.0453 e. The second-order valence-electron chi connectivity index (χ2n) is 3.66. The zero-order valence-corrected chi connectivity index (χ0v) is 8.80. The van der Waals surface area contributed by atoms with Gasteiger partial charge >= 0.3 is 0 Å². The topological polar surface area (TPSA) is 12.0 Å². The molecule has 0 aliphatic carbocycles. The van der Waals surface area contributed by atoms with Gasteiger partial charge in [-0.25, -0.2) is 0 Å². The molecule has 1 aromatic rings. The number of nitrogens with one attached hydrogen (secondary N) is 1. The van der Waals surface area contributed by atoms with E-state index in [1.165, 1.54) is 5.56 Å².